The number of benzene rings is 1. The quantitative estimate of drug-likeness (QED) is 0.818. The van der Waals surface area contributed by atoms with Gasteiger partial charge in [0.1, 0.15) is 0 Å². The summed E-state index contributed by atoms with van der Waals surface area (Å²) in [5, 5.41) is 0. The summed E-state index contributed by atoms with van der Waals surface area (Å²) in [6.07, 6.45) is 9.98. The summed E-state index contributed by atoms with van der Waals surface area (Å²) in [5.74, 6) is 0.397. The second-order valence-corrected chi connectivity index (χ2v) is 8.84. The zero-order valence-electron chi connectivity index (χ0n) is 16.6. The zero-order chi connectivity index (χ0) is 18.7. The zero-order valence-corrected chi connectivity index (χ0v) is 16.6. The molecule has 3 saturated heterocycles. The molecule has 4 heteroatoms. The summed E-state index contributed by atoms with van der Waals surface area (Å²) in [7, 11) is 2.17. The van der Waals surface area contributed by atoms with Crippen LogP contribution in [0.15, 0.2) is 36.4 Å². The van der Waals surface area contributed by atoms with Gasteiger partial charge >= 0.3 is 0 Å². The minimum absolute atomic E-state index is 0.370. The number of amides is 1. The molecule has 1 unspecified atom stereocenters. The molecule has 1 atom stereocenters. The first-order valence-corrected chi connectivity index (χ1v) is 10.6. The molecule has 1 aromatic carbocycles. The second-order valence-electron chi connectivity index (χ2n) is 8.84. The fourth-order valence-electron chi connectivity index (χ4n) is 5.06. The minimum atomic E-state index is 0.370. The van der Waals surface area contributed by atoms with Crippen molar-refractivity contribution in [3.8, 4) is 0 Å². The van der Waals surface area contributed by atoms with Gasteiger partial charge < -0.3 is 9.80 Å². The molecule has 3 aliphatic heterocycles. The third kappa shape index (κ3) is 4.44. The summed E-state index contributed by atoms with van der Waals surface area (Å²) in [4.78, 5) is 19.7. The molecule has 0 saturated carbocycles. The molecule has 3 aliphatic rings. The third-order valence-corrected chi connectivity index (χ3v) is 6.89. The highest BCUT2D eigenvalue weighted by Crippen LogP contribution is 2.41. The van der Waals surface area contributed by atoms with Gasteiger partial charge in [-0.15, -0.1) is 0 Å². The first-order chi connectivity index (χ1) is 13.1. The molecule has 1 spiro atoms. The number of likely N-dealkylation sites (N-methyl/N-ethyl adjacent to an activating group) is 1. The van der Waals surface area contributed by atoms with E-state index >= 15 is 0 Å². The van der Waals surface area contributed by atoms with Gasteiger partial charge in [0, 0.05) is 32.1 Å². The van der Waals surface area contributed by atoms with Crippen LogP contribution in [0, 0.1) is 5.41 Å². The lowest BCUT2D eigenvalue weighted by Gasteiger charge is -2.49. The number of piperidine rings is 2. The van der Waals surface area contributed by atoms with Crippen LogP contribution in [0.1, 0.15) is 37.7 Å². The van der Waals surface area contributed by atoms with Crippen molar-refractivity contribution in [1.82, 2.24) is 14.7 Å². The molecule has 1 amide bonds. The molecule has 0 radical (unpaired) electrons. The Morgan fingerprint density at radius 3 is 2.59 bits per heavy atom. The van der Waals surface area contributed by atoms with Crippen molar-refractivity contribution in [3.05, 3.63) is 42.0 Å². The van der Waals surface area contributed by atoms with Crippen molar-refractivity contribution >= 4 is 12.0 Å². The minimum Gasteiger partial charge on any atom is -0.338 e. The van der Waals surface area contributed by atoms with Crippen LogP contribution in [-0.4, -0.2) is 73.0 Å². The first kappa shape index (κ1) is 18.7. The summed E-state index contributed by atoms with van der Waals surface area (Å²) in [6.45, 7) is 6.53. The predicted molar refractivity (Wildman–Crippen MR) is 110 cm³/mol. The summed E-state index contributed by atoms with van der Waals surface area (Å²) < 4.78 is 0. The lowest BCUT2D eigenvalue weighted by molar-refractivity contribution is -0.141. The molecule has 0 bridgehead atoms. The van der Waals surface area contributed by atoms with Crippen LogP contribution in [0.2, 0.25) is 0 Å². The van der Waals surface area contributed by atoms with Crippen LogP contribution in [0.5, 0.6) is 0 Å². The van der Waals surface area contributed by atoms with Crippen LogP contribution in [-0.2, 0) is 4.79 Å². The fourth-order valence-corrected chi connectivity index (χ4v) is 5.06. The topological polar surface area (TPSA) is 26.8 Å². The SMILES string of the molecule is CN1CCC(N2CC3(CCC2=O)CCN(C/C=C/c2ccccc2)CC3)C1. The Morgan fingerprint density at radius 2 is 1.89 bits per heavy atom. The van der Waals surface area contributed by atoms with Gasteiger partial charge in [0.2, 0.25) is 5.91 Å². The van der Waals surface area contributed by atoms with Crippen molar-refractivity contribution in [1.29, 1.82) is 0 Å². The summed E-state index contributed by atoms with van der Waals surface area (Å²) in [6, 6.07) is 11.0. The molecule has 1 aromatic rings. The first-order valence-electron chi connectivity index (χ1n) is 10.6. The van der Waals surface area contributed by atoms with Crippen molar-refractivity contribution in [3.63, 3.8) is 0 Å². The largest absolute Gasteiger partial charge is 0.338 e. The fraction of sp³-hybridized carbons (Fsp3) is 0.609. The van der Waals surface area contributed by atoms with Crippen molar-refractivity contribution in [2.75, 3.05) is 46.3 Å². The Morgan fingerprint density at radius 1 is 1.11 bits per heavy atom. The Labute approximate surface area is 163 Å². The van der Waals surface area contributed by atoms with E-state index in [1.54, 1.807) is 0 Å². The highest BCUT2D eigenvalue weighted by molar-refractivity contribution is 5.77. The van der Waals surface area contributed by atoms with Crippen LogP contribution < -0.4 is 0 Å². The molecule has 3 fully saturated rings. The smallest absolute Gasteiger partial charge is 0.222 e. The summed E-state index contributed by atoms with van der Waals surface area (Å²) in [5.41, 5.74) is 1.64. The molecule has 3 heterocycles. The molecular formula is C23H33N3O. The van der Waals surface area contributed by atoms with Gasteiger partial charge in [-0.25, -0.2) is 0 Å². The van der Waals surface area contributed by atoms with Crippen molar-refractivity contribution in [2.24, 2.45) is 5.41 Å². The monoisotopic (exact) mass is 367 g/mol. The van der Waals surface area contributed by atoms with E-state index in [-0.39, 0.29) is 0 Å². The highest BCUT2D eigenvalue weighted by Gasteiger charge is 2.43. The Kier molecular flexibility index (Phi) is 5.65. The highest BCUT2D eigenvalue weighted by atomic mass is 16.2. The Bertz CT molecular complexity index is 663. The van der Waals surface area contributed by atoms with E-state index in [2.05, 4.69) is 64.2 Å². The molecule has 146 valence electrons. The lowest BCUT2D eigenvalue weighted by atomic mass is 9.72. The van der Waals surface area contributed by atoms with E-state index in [4.69, 9.17) is 0 Å². The number of hydrogen-bond donors (Lipinski definition) is 0. The average molecular weight is 368 g/mol. The van der Waals surface area contributed by atoms with Gasteiger partial charge in [-0.2, -0.15) is 0 Å². The van der Waals surface area contributed by atoms with E-state index in [9.17, 15) is 4.79 Å². The second kappa shape index (κ2) is 8.15. The molecule has 4 nitrogen and oxygen atoms in total. The van der Waals surface area contributed by atoms with Crippen LogP contribution in [0.4, 0.5) is 0 Å². The number of nitrogens with zero attached hydrogens (tertiary/aromatic N) is 3. The lowest BCUT2D eigenvalue weighted by Crippen LogP contribution is -2.54. The Balaban J connectivity index is 1.30. The third-order valence-electron chi connectivity index (χ3n) is 6.89. The number of rotatable bonds is 4. The maximum Gasteiger partial charge on any atom is 0.222 e. The average Bonchev–Trinajstić information content (AvgIpc) is 3.13. The van der Waals surface area contributed by atoms with Crippen molar-refractivity contribution < 1.29 is 4.79 Å². The van der Waals surface area contributed by atoms with Gasteiger partial charge in [0.25, 0.3) is 0 Å². The van der Waals surface area contributed by atoms with Gasteiger partial charge in [0.05, 0.1) is 0 Å². The molecule has 4 rings (SSSR count). The summed E-state index contributed by atoms with van der Waals surface area (Å²) >= 11 is 0. The van der Waals surface area contributed by atoms with Crippen LogP contribution in [0.25, 0.3) is 6.08 Å². The molecule has 0 N–H and O–H groups in total. The molecule has 0 aromatic heterocycles. The number of carbonyl (C=O) groups excluding carboxylic acids is 1. The maximum absolute atomic E-state index is 12.5. The van der Waals surface area contributed by atoms with E-state index in [0.717, 1.165) is 58.5 Å². The molecule has 0 aliphatic carbocycles. The van der Waals surface area contributed by atoms with Crippen LogP contribution >= 0.6 is 0 Å². The van der Waals surface area contributed by atoms with E-state index < -0.39 is 0 Å². The number of hydrogen-bond acceptors (Lipinski definition) is 3. The standard InChI is InChI=1S/C23H33N3O/c1-24-15-10-21(18-24)26-19-23(11-9-22(26)27)12-16-25(17-13-23)14-5-8-20-6-3-2-4-7-20/h2-8,21H,9-19H2,1H3/b8-5+. The van der Waals surface area contributed by atoms with Gasteiger partial charge in [-0.1, -0.05) is 42.5 Å². The van der Waals surface area contributed by atoms with E-state index in [0.29, 0.717) is 17.4 Å². The number of likely N-dealkylation sites (tertiary alicyclic amines) is 3. The van der Waals surface area contributed by atoms with E-state index in [1.807, 2.05) is 0 Å². The molecular weight excluding hydrogens is 334 g/mol. The maximum atomic E-state index is 12.5. The van der Waals surface area contributed by atoms with E-state index in [1.165, 1.54) is 18.4 Å². The predicted octanol–water partition coefficient (Wildman–Crippen LogP) is 3.11. The number of carbonyl (C=O) groups is 1. The van der Waals surface area contributed by atoms with Gasteiger partial charge in [-0.3, -0.25) is 9.69 Å². The molecule has 27 heavy (non-hydrogen) atoms. The normalized spacial score (nSPS) is 27.1. The Hall–Kier alpha value is -1.65. The van der Waals surface area contributed by atoms with Crippen molar-refractivity contribution in [2.45, 2.75) is 38.1 Å². The van der Waals surface area contributed by atoms with Gasteiger partial charge in [0.15, 0.2) is 0 Å². The van der Waals surface area contributed by atoms with Crippen LogP contribution in [0.3, 0.4) is 0 Å². The van der Waals surface area contributed by atoms with Gasteiger partial charge in [-0.05, 0) is 63.3 Å².